The first-order chi connectivity index (χ1) is 7.57. The molecule has 1 unspecified atom stereocenters. The van der Waals surface area contributed by atoms with Gasteiger partial charge in [0, 0.05) is 26.2 Å². The summed E-state index contributed by atoms with van der Waals surface area (Å²) in [7, 11) is 1.79. The van der Waals surface area contributed by atoms with E-state index in [9.17, 15) is 0 Å². The molecular formula is C13H28N2O. The number of hydrogen-bond donors (Lipinski definition) is 1. The predicted molar refractivity (Wildman–Crippen MR) is 68.8 cm³/mol. The van der Waals surface area contributed by atoms with Crippen LogP contribution in [0.4, 0.5) is 0 Å². The van der Waals surface area contributed by atoms with Crippen LogP contribution < -0.4 is 5.32 Å². The van der Waals surface area contributed by atoms with E-state index in [4.69, 9.17) is 4.74 Å². The van der Waals surface area contributed by atoms with Crippen molar-refractivity contribution in [2.24, 2.45) is 5.41 Å². The molecule has 1 aliphatic heterocycles. The number of rotatable bonds is 7. The van der Waals surface area contributed by atoms with Crippen molar-refractivity contribution in [3.05, 3.63) is 0 Å². The van der Waals surface area contributed by atoms with Gasteiger partial charge in [0.05, 0.1) is 6.61 Å². The molecule has 1 rings (SSSR count). The molecular weight excluding hydrogens is 200 g/mol. The first-order valence-electron chi connectivity index (χ1n) is 6.52. The number of nitrogens with zero attached hydrogens (tertiary/aromatic N) is 1. The second-order valence-corrected chi connectivity index (χ2v) is 5.76. The zero-order valence-corrected chi connectivity index (χ0v) is 11.4. The van der Waals surface area contributed by atoms with E-state index in [2.05, 4.69) is 31.0 Å². The van der Waals surface area contributed by atoms with Gasteiger partial charge in [-0.1, -0.05) is 20.8 Å². The molecule has 1 atom stereocenters. The Morgan fingerprint density at radius 1 is 1.44 bits per heavy atom. The molecule has 0 aromatic rings. The van der Waals surface area contributed by atoms with Crippen molar-refractivity contribution in [1.29, 1.82) is 0 Å². The Bertz CT molecular complexity index is 194. The molecule has 1 N–H and O–H groups in total. The number of likely N-dealkylation sites (tertiary alicyclic amines) is 1. The van der Waals surface area contributed by atoms with Crippen molar-refractivity contribution >= 4 is 0 Å². The lowest BCUT2D eigenvalue weighted by Crippen LogP contribution is -2.43. The van der Waals surface area contributed by atoms with Crippen molar-refractivity contribution in [2.75, 3.05) is 39.9 Å². The molecule has 1 saturated heterocycles. The third-order valence-electron chi connectivity index (χ3n) is 3.29. The zero-order chi connectivity index (χ0) is 12.0. The van der Waals surface area contributed by atoms with Crippen molar-refractivity contribution in [3.63, 3.8) is 0 Å². The zero-order valence-electron chi connectivity index (χ0n) is 11.4. The van der Waals surface area contributed by atoms with Crippen LogP contribution in [0.2, 0.25) is 0 Å². The topological polar surface area (TPSA) is 24.5 Å². The Balaban J connectivity index is 2.31. The molecule has 1 fully saturated rings. The standard InChI is InChI=1S/C13H28N2O/c1-5-7-14-12(10-16-4)9-15-8-6-13(2,3)11-15/h12,14H,5-11H2,1-4H3. The van der Waals surface area contributed by atoms with Gasteiger partial charge in [-0.2, -0.15) is 0 Å². The van der Waals surface area contributed by atoms with E-state index in [-0.39, 0.29) is 0 Å². The summed E-state index contributed by atoms with van der Waals surface area (Å²) in [6.45, 7) is 12.4. The summed E-state index contributed by atoms with van der Waals surface area (Å²) in [6.07, 6.45) is 2.51. The molecule has 16 heavy (non-hydrogen) atoms. The Labute approximate surface area is 101 Å². The molecule has 0 saturated carbocycles. The lowest BCUT2D eigenvalue weighted by molar-refractivity contribution is 0.142. The molecule has 0 radical (unpaired) electrons. The fourth-order valence-electron chi connectivity index (χ4n) is 2.42. The minimum absolute atomic E-state index is 0.485. The van der Waals surface area contributed by atoms with Gasteiger partial charge in [-0.25, -0.2) is 0 Å². The summed E-state index contributed by atoms with van der Waals surface area (Å²) >= 11 is 0. The van der Waals surface area contributed by atoms with Crippen molar-refractivity contribution in [3.8, 4) is 0 Å². The first-order valence-corrected chi connectivity index (χ1v) is 6.52. The summed E-state index contributed by atoms with van der Waals surface area (Å²) < 4.78 is 5.27. The minimum atomic E-state index is 0.485. The number of nitrogens with one attached hydrogen (secondary N) is 1. The molecule has 0 aromatic heterocycles. The van der Waals surface area contributed by atoms with Crippen LogP contribution in [0.25, 0.3) is 0 Å². The average molecular weight is 228 g/mol. The quantitative estimate of drug-likeness (QED) is 0.718. The summed E-state index contributed by atoms with van der Waals surface area (Å²) in [6, 6.07) is 0.485. The van der Waals surface area contributed by atoms with Gasteiger partial charge in [0.15, 0.2) is 0 Å². The molecule has 0 amide bonds. The van der Waals surface area contributed by atoms with Crippen LogP contribution in [0.3, 0.4) is 0 Å². The Morgan fingerprint density at radius 2 is 2.19 bits per heavy atom. The van der Waals surface area contributed by atoms with E-state index in [1.165, 1.54) is 25.9 Å². The van der Waals surface area contributed by atoms with Crippen LogP contribution >= 0.6 is 0 Å². The Hall–Kier alpha value is -0.120. The van der Waals surface area contributed by atoms with Gasteiger partial charge >= 0.3 is 0 Å². The van der Waals surface area contributed by atoms with Gasteiger partial charge in [-0.3, -0.25) is 0 Å². The first kappa shape index (κ1) is 13.9. The Morgan fingerprint density at radius 3 is 2.69 bits per heavy atom. The fraction of sp³-hybridized carbons (Fsp3) is 1.00. The maximum absolute atomic E-state index is 5.27. The predicted octanol–water partition coefficient (Wildman–Crippen LogP) is 1.73. The van der Waals surface area contributed by atoms with E-state index in [0.29, 0.717) is 11.5 Å². The van der Waals surface area contributed by atoms with Crippen molar-refractivity contribution in [2.45, 2.75) is 39.7 Å². The van der Waals surface area contributed by atoms with Gasteiger partial charge in [0.25, 0.3) is 0 Å². The van der Waals surface area contributed by atoms with Gasteiger partial charge in [-0.05, 0) is 31.3 Å². The second kappa shape index (κ2) is 6.58. The molecule has 0 spiro atoms. The van der Waals surface area contributed by atoms with Gasteiger partial charge in [-0.15, -0.1) is 0 Å². The van der Waals surface area contributed by atoms with Crippen LogP contribution in [0, 0.1) is 5.41 Å². The van der Waals surface area contributed by atoms with Crippen LogP contribution in [-0.2, 0) is 4.74 Å². The maximum Gasteiger partial charge on any atom is 0.0628 e. The molecule has 3 heteroatoms. The summed E-state index contributed by atoms with van der Waals surface area (Å²) in [5.74, 6) is 0. The monoisotopic (exact) mass is 228 g/mol. The van der Waals surface area contributed by atoms with Crippen LogP contribution in [0.1, 0.15) is 33.6 Å². The third-order valence-corrected chi connectivity index (χ3v) is 3.29. The molecule has 3 nitrogen and oxygen atoms in total. The van der Waals surface area contributed by atoms with E-state index in [0.717, 1.165) is 19.7 Å². The smallest absolute Gasteiger partial charge is 0.0628 e. The van der Waals surface area contributed by atoms with Gasteiger partial charge in [0.2, 0.25) is 0 Å². The fourth-order valence-corrected chi connectivity index (χ4v) is 2.42. The Kier molecular flexibility index (Phi) is 5.73. The molecule has 0 aliphatic carbocycles. The van der Waals surface area contributed by atoms with Crippen LogP contribution in [0.5, 0.6) is 0 Å². The molecule has 0 aromatic carbocycles. The maximum atomic E-state index is 5.27. The van der Waals surface area contributed by atoms with Crippen molar-refractivity contribution in [1.82, 2.24) is 10.2 Å². The number of methoxy groups -OCH3 is 1. The van der Waals surface area contributed by atoms with E-state index >= 15 is 0 Å². The van der Waals surface area contributed by atoms with Crippen LogP contribution in [0.15, 0.2) is 0 Å². The van der Waals surface area contributed by atoms with E-state index < -0.39 is 0 Å². The van der Waals surface area contributed by atoms with Gasteiger partial charge < -0.3 is 15.0 Å². The highest BCUT2D eigenvalue weighted by Crippen LogP contribution is 2.28. The lowest BCUT2D eigenvalue weighted by atomic mass is 9.93. The average Bonchev–Trinajstić information content (AvgIpc) is 2.55. The van der Waals surface area contributed by atoms with Crippen molar-refractivity contribution < 1.29 is 4.74 Å². The molecule has 96 valence electrons. The molecule has 0 bridgehead atoms. The molecule has 1 heterocycles. The highest BCUT2D eigenvalue weighted by molar-refractivity contribution is 4.85. The summed E-state index contributed by atoms with van der Waals surface area (Å²) in [5.41, 5.74) is 0.502. The summed E-state index contributed by atoms with van der Waals surface area (Å²) in [5, 5.41) is 3.56. The van der Waals surface area contributed by atoms with Crippen LogP contribution in [-0.4, -0.2) is 50.8 Å². The van der Waals surface area contributed by atoms with E-state index in [1.807, 2.05) is 0 Å². The number of ether oxygens (including phenoxy) is 1. The minimum Gasteiger partial charge on any atom is -0.383 e. The van der Waals surface area contributed by atoms with E-state index in [1.54, 1.807) is 7.11 Å². The largest absolute Gasteiger partial charge is 0.383 e. The molecule has 1 aliphatic rings. The number of hydrogen-bond acceptors (Lipinski definition) is 3. The normalized spacial score (nSPS) is 22.5. The lowest BCUT2D eigenvalue weighted by Gasteiger charge is -2.25. The highest BCUT2D eigenvalue weighted by Gasteiger charge is 2.30. The highest BCUT2D eigenvalue weighted by atomic mass is 16.5. The van der Waals surface area contributed by atoms with Gasteiger partial charge in [0.1, 0.15) is 0 Å². The second-order valence-electron chi connectivity index (χ2n) is 5.76. The SMILES string of the molecule is CCCNC(COC)CN1CCC(C)(C)C1. The summed E-state index contributed by atoms with van der Waals surface area (Å²) in [4.78, 5) is 2.56. The third kappa shape index (κ3) is 4.81.